The largest absolute Gasteiger partial charge is 0.497 e. The lowest BCUT2D eigenvalue weighted by Crippen LogP contribution is -2.28. The fourth-order valence-corrected chi connectivity index (χ4v) is 1.96. The average Bonchev–Trinajstić information content (AvgIpc) is 2.45. The molecule has 100 valence electrons. The minimum atomic E-state index is -0.649. The van der Waals surface area contributed by atoms with E-state index in [0.29, 0.717) is 11.1 Å². The fraction of sp³-hybridized carbons (Fsp3) is 0.286. The molecule has 0 spiro atoms. The first-order valence-electron chi connectivity index (χ1n) is 5.85. The Labute approximate surface area is 110 Å². The summed E-state index contributed by atoms with van der Waals surface area (Å²) in [6.07, 6.45) is 1.59. The number of nitrogens with zero attached hydrogens (tertiary/aromatic N) is 1. The molecule has 0 aliphatic heterocycles. The molecule has 0 aliphatic carbocycles. The van der Waals surface area contributed by atoms with Gasteiger partial charge in [-0.25, -0.2) is 4.79 Å². The molecule has 2 aromatic rings. The molecule has 0 saturated carbocycles. The van der Waals surface area contributed by atoms with E-state index in [9.17, 15) is 9.59 Å². The van der Waals surface area contributed by atoms with Crippen LogP contribution in [0.3, 0.4) is 0 Å². The summed E-state index contributed by atoms with van der Waals surface area (Å²) in [5, 5.41) is 1.32. The first kappa shape index (κ1) is 13.1. The van der Waals surface area contributed by atoms with Gasteiger partial charge in [0.2, 0.25) is 0 Å². The number of carbonyl (C=O) groups is 1. The summed E-state index contributed by atoms with van der Waals surface area (Å²) in [5.74, 6) is 0.237. The van der Waals surface area contributed by atoms with Crippen molar-refractivity contribution in [2.75, 3.05) is 14.2 Å². The van der Waals surface area contributed by atoms with E-state index < -0.39 is 12.0 Å². The van der Waals surface area contributed by atoms with E-state index >= 15 is 0 Å². The highest BCUT2D eigenvalue weighted by Crippen LogP contribution is 2.18. The third-order valence-corrected chi connectivity index (χ3v) is 3.10. The predicted octanol–water partition coefficient (Wildman–Crippen LogP) is 1.74. The number of methoxy groups -OCH3 is 2. The minimum absolute atomic E-state index is 0.224. The van der Waals surface area contributed by atoms with Gasteiger partial charge in [-0.1, -0.05) is 0 Å². The average molecular weight is 261 g/mol. The summed E-state index contributed by atoms with van der Waals surface area (Å²) < 4.78 is 11.1. The second-order valence-electron chi connectivity index (χ2n) is 4.18. The van der Waals surface area contributed by atoms with Gasteiger partial charge in [0, 0.05) is 11.6 Å². The quantitative estimate of drug-likeness (QED) is 0.790. The molecule has 0 radical (unpaired) electrons. The zero-order valence-corrected chi connectivity index (χ0v) is 11.0. The zero-order valence-electron chi connectivity index (χ0n) is 11.0. The second-order valence-corrected chi connectivity index (χ2v) is 4.18. The van der Waals surface area contributed by atoms with E-state index in [1.165, 1.54) is 11.7 Å². The molecular weight excluding hydrogens is 246 g/mol. The van der Waals surface area contributed by atoms with Crippen LogP contribution in [-0.2, 0) is 9.53 Å². The lowest BCUT2D eigenvalue weighted by Gasteiger charge is -2.13. The van der Waals surface area contributed by atoms with Gasteiger partial charge in [-0.05, 0) is 36.6 Å². The van der Waals surface area contributed by atoms with Crippen molar-refractivity contribution in [3.8, 4) is 5.75 Å². The first-order valence-corrected chi connectivity index (χ1v) is 5.85. The molecule has 5 heteroatoms. The summed E-state index contributed by atoms with van der Waals surface area (Å²) in [6, 6.07) is 6.32. The van der Waals surface area contributed by atoms with Crippen LogP contribution in [0.25, 0.3) is 10.8 Å². The number of hydrogen-bond acceptors (Lipinski definition) is 4. The Hall–Kier alpha value is -2.30. The number of aromatic nitrogens is 1. The number of carbonyl (C=O) groups excluding carboxylic acids is 1. The van der Waals surface area contributed by atoms with Crippen molar-refractivity contribution in [3.05, 3.63) is 40.8 Å². The molecule has 1 unspecified atom stereocenters. The molecule has 0 saturated heterocycles. The number of pyridine rings is 1. The van der Waals surface area contributed by atoms with Crippen LogP contribution in [0.15, 0.2) is 35.3 Å². The Kier molecular flexibility index (Phi) is 3.55. The lowest BCUT2D eigenvalue weighted by atomic mass is 10.1. The third-order valence-electron chi connectivity index (χ3n) is 3.10. The standard InChI is InChI=1S/C14H15NO4/c1-9(14(17)19-3)15-7-6-10-8-11(18-2)4-5-12(10)13(15)16/h4-9H,1-3H3. The predicted molar refractivity (Wildman–Crippen MR) is 71.5 cm³/mol. The molecule has 5 nitrogen and oxygen atoms in total. The highest BCUT2D eigenvalue weighted by molar-refractivity contribution is 5.83. The summed E-state index contributed by atoms with van der Waals surface area (Å²) >= 11 is 0. The highest BCUT2D eigenvalue weighted by Gasteiger charge is 2.17. The van der Waals surface area contributed by atoms with Crippen LogP contribution in [-0.4, -0.2) is 24.8 Å². The van der Waals surface area contributed by atoms with E-state index in [-0.39, 0.29) is 5.56 Å². The fourth-order valence-electron chi connectivity index (χ4n) is 1.96. The van der Waals surface area contributed by atoms with Gasteiger partial charge in [0.05, 0.1) is 14.2 Å². The maximum absolute atomic E-state index is 12.3. The molecular formula is C14H15NO4. The van der Waals surface area contributed by atoms with Crippen molar-refractivity contribution in [1.29, 1.82) is 0 Å². The summed E-state index contributed by atoms with van der Waals surface area (Å²) in [7, 11) is 2.87. The zero-order chi connectivity index (χ0) is 14.0. The molecule has 1 aromatic heterocycles. The number of fused-ring (bicyclic) bond motifs is 1. The smallest absolute Gasteiger partial charge is 0.328 e. The van der Waals surface area contributed by atoms with E-state index in [1.54, 1.807) is 44.5 Å². The number of benzene rings is 1. The summed E-state index contributed by atoms with van der Waals surface area (Å²) in [5.41, 5.74) is -0.224. The van der Waals surface area contributed by atoms with Crippen LogP contribution in [0.2, 0.25) is 0 Å². The topological polar surface area (TPSA) is 57.5 Å². The van der Waals surface area contributed by atoms with Crippen molar-refractivity contribution in [3.63, 3.8) is 0 Å². The van der Waals surface area contributed by atoms with Crippen LogP contribution in [0.5, 0.6) is 5.75 Å². The first-order chi connectivity index (χ1) is 9.08. The van der Waals surface area contributed by atoms with Crippen LogP contribution < -0.4 is 10.3 Å². The lowest BCUT2D eigenvalue weighted by molar-refractivity contribution is -0.144. The molecule has 0 aliphatic rings. The molecule has 1 heterocycles. The minimum Gasteiger partial charge on any atom is -0.497 e. The van der Waals surface area contributed by atoms with Crippen LogP contribution in [0.4, 0.5) is 0 Å². The van der Waals surface area contributed by atoms with Crippen molar-refractivity contribution < 1.29 is 14.3 Å². The van der Waals surface area contributed by atoms with Crippen LogP contribution in [0, 0.1) is 0 Å². The van der Waals surface area contributed by atoms with Gasteiger partial charge in [-0.3, -0.25) is 4.79 Å². The van der Waals surface area contributed by atoms with Crippen LogP contribution >= 0.6 is 0 Å². The number of hydrogen-bond donors (Lipinski definition) is 0. The Bertz CT molecular complexity index is 675. The van der Waals surface area contributed by atoms with E-state index in [2.05, 4.69) is 4.74 Å². The Balaban J connectivity index is 2.58. The van der Waals surface area contributed by atoms with E-state index in [1.807, 2.05) is 0 Å². The van der Waals surface area contributed by atoms with Gasteiger partial charge in [-0.2, -0.15) is 0 Å². The maximum Gasteiger partial charge on any atom is 0.328 e. The second kappa shape index (κ2) is 5.14. The molecule has 1 atom stereocenters. The van der Waals surface area contributed by atoms with Gasteiger partial charge < -0.3 is 14.0 Å². The molecule has 2 rings (SSSR count). The van der Waals surface area contributed by atoms with Crippen molar-refractivity contribution in [1.82, 2.24) is 4.57 Å². The maximum atomic E-state index is 12.3. The third kappa shape index (κ3) is 2.31. The molecule has 0 N–H and O–H groups in total. The van der Waals surface area contributed by atoms with E-state index in [4.69, 9.17) is 4.74 Å². The van der Waals surface area contributed by atoms with Crippen LogP contribution in [0.1, 0.15) is 13.0 Å². The molecule has 0 fully saturated rings. The van der Waals surface area contributed by atoms with Gasteiger partial charge >= 0.3 is 5.97 Å². The van der Waals surface area contributed by atoms with Crippen molar-refractivity contribution in [2.24, 2.45) is 0 Å². The summed E-state index contributed by atoms with van der Waals surface area (Å²) in [6.45, 7) is 1.63. The van der Waals surface area contributed by atoms with Crippen molar-refractivity contribution >= 4 is 16.7 Å². The molecule has 19 heavy (non-hydrogen) atoms. The molecule has 0 amide bonds. The van der Waals surface area contributed by atoms with Gasteiger partial charge in [0.15, 0.2) is 0 Å². The molecule has 1 aromatic carbocycles. The highest BCUT2D eigenvalue weighted by atomic mass is 16.5. The normalized spacial score (nSPS) is 12.2. The summed E-state index contributed by atoms with van der Waals surface area (Å²) in [4.78, 5) is 23.8. The molecule has 0 bridgehead atoms. The monoisotopic (exact) mass is 261 g/mol. The number of rotatable bonds is 3. The SMILES string of the molecule is COC(=O)C(C)n1ccc2cc(OC)ccc2c1=O. The number of esters is 1. The Morgan fingerprint density at radius 3 is 2.63 bits per heavy atom. The van der Waals surface area contributed by atoms with E-state index in [0.717, 1.165) is 5.39 Å². The van der Waals surface area contributed by atoms with Gasteiger partial charge in [0.1, 0.15) is 11.8 Å². The number of ether oxygens (including phenoxy) is 2. The van der Waals surface area contributed by atoms with Gasteiger partial charge in [-0.15, -0.1) is 0 Å². The van der Waals surface area contributed by atoms with Crippen molar-refractivity contribution in [2.45, 2.75) is 13.0 Å². The Morgan fingerprint density at radius 1 is 1.26 bits per heavy atom. The Morgan fingerprint density at radius 2 is 2.00 bits per heavy atom. The van der Waals surface area contributed by atoms with Gasteiger partial charge in [0.25, 0.3) is 5.56 Å².